The normalized spacial score (nSPS) is 17.5. The fourth-order valence-corrected chi connectivity index (χ4v) is 7.55. The Morgan fingerprint density at radius 2 is 1.27 bits per heavy atom. The van der Waals surface area contributed by atoms with Gasteiger partial charge in [0.25, 0.3) is 11.8 Å². The van der Waals surface area contributed by atoms with E-state index in [2.05, 4.69) is 25.8 Å². The number of amides is 2. The summed E-state index contributed by atoms with van der Waals surface area (Å²) < 4.78 is 29.2. The second-order valence-electron chi connectivity index (χ2n) is 15.5. The summed E-state index contributed by atoms with van der Waals surface area (Å²) >= 11 is 0. The molecule has 4 aromatic rings. The van der Waals surface area contributed by atoms with Gasteiger partial charge < -0.3 is 23.7 Å². The van der Waals surface area contributed by atoms with E-state index >= 15 is 0 Å². The molecule has 12 nitrogen and oxygen atoms in total. The Morgan fingerprint density at radius 1 is 0.714 bits per heavy atom. The Hall–Kier alpha value is -6.17. The zero-order valence-electron chi connectivity index (χ0n) is 32.2. The van der Waals surface area contributed by atoms with Crippen molar-refractivity contribution < 1.29 is 38.1 Å². The van der Waals surface area contributed by atoms with Crippen LogP contribution in [0.4, 0.5) is 22.7 Å². The lowest BCUT2D eigenvalue weighted by Crippen LogP contribution is -2.37. The molecule has 0 bridgehead atoms. The fraction of sp³-hybridized carbons (Fsp3) is 0.341. The van der Waals surface area contributed by atoms with E-state index in [9.17, 15) is 14.4 Å². The average Bonchev–Trinajstić information content (AvgIpc) is 3.67. The molecule has 0 aromatic heterocycles. The first kappa shape index (κ1) is 36.8. The SMILES string of the molecule is COc1cc2c(cc1OCCCOc1cc3c(cc1OC)C(=O)N1c4cc(OC(=O)CCC(C)(C)C)ccc4CC1C=N3)N=CC1Cc3ccccc3N1C2=O. The van der Waals surface area contributed by atoms with Crippen molar-refractivity contribution in [3.63, 3.8) is 0 Å². The van der Waals surface area contributed by atoms with Gasteiger partial charge in [0.1, 0.15) is 5.75 Å². The maximum Gasteiger partial charge on any atom is 0.311 e. The third kappa shape index (κ3) is 7.07. The molecule has 8 rings (SSSR count). The van der Waals surface area contributed by atoms with Crippen LogP contribution in [-0.4, -0.2) is 69.7 Å². The molecule has 4 aromatic carbocycles. The summed E-state index contributed by atoms with van der Waals surface area (Å²) in [5.41, 5.74) is 5.51. The maximum atomic E-state index is 14.1. The van der Waals surface area contributed by atoms with E-state index in [1.54, 1.807) is 59.5 Å². The topological polar surface area (TPSA) is 129 Å². The molecule has 12 heteroatoms. The molecule has 288 valence electrons. The van der Waals surface area contributed by atoms with Gasteiger partial charge in [0.05, 0.1) is 67.7 Å². The molecule has 0 fully saturated rings. The number of fused-ring (bicyclic) bond motifs is 8. The monoisotopic (exact) mass is 756 g/mol. The van der Waals surface area contributed by atoms with E-state index in [0.717, 1.165) is 16.8 Å². The van der Waals surface area contributed by atoms with Crippen LogP contribution in [0.5, 0.6) is 28.7 Å². The molecule has 0 saturated carbocycles. The van der Waals surface area contributed by atoms with Crippen molar-refractivity contribution in [1.29, 1.82) is 0 Å². The van der Waals surface area contributed by atoms with Crippen LogP contribution in [0.15, 0.2) is 76.7 Å². The number of para-hydroxylation sites is 1. The number of aliphatic imine (C=N–C) groups is 2. The zero-order chi connectivity index (χ0) is 39.1. The van der Waals surface area contributed by atoms with Crippen LogP contribution < -0.4 is 33.5 Å². The number of benzene rings is 4. The summed E-state index contributed by atoms with van der Waals surface area (Å²) in [5.74, 6) is 1.48. The van der Waals surface area contributed by atoms with Gasteiger partial charge >= 0.3 is 5.97 Å². The van der Waals surface area contributed by atoms with Gasteiger partial charge in [0.2, 0.25) is 0 Å². The van der Waals surface area contributed by atoms with Gasteiger partial charge in [-0.25, -0.2) is 0 Å². The third-order valence-electron chi connectivity index (χ3n) is 10.4. The van der Waals surface area contributed by atoms with Crippen LogP contribution >= 0.6 is 0 Å². The quantitative estimate of drug-likeness (QED) is 0.0860. The molecule has 0 radical (unpaired) electrons. The van der Waals surface area contributed by atoms with Gasteiger partial charge in [0, 0.05) is 62.0 Å². The Balaban J connectivity index is 0.919. The van der Waals surface area contributed by atoms with Gasteiger partial charge in [-0.3, -0.25) is 34.2 Å². The highest BCUT2D eigenvalue weighted by atomic mass is 16.5. The van der Waals surface area contributed by atoms with E-state index in [-0.39, 0.29) is 41.9 Å². The first-order valence-corrected chi connectivity index (χ1v) is 18.9. The van der Waals surface area contributed by atoms with Gasteiger partial charge in [0.15, 0.2) is 23.0 Å². The largest absolute Gasteiger partial charge is 0.493 e. The second kappa shape index (κ2) is 14.8. The molecule has 0 spiro atoms. The molecule has 2 atom stereocenters. The van der Waals surface area contributed by atoms with E-state index in [1.165, 1.54) is 7.11 Å². The van der Waals surface area contributed by atoms with Crippen LogP contribution in [0.1, 0.15) is 71.9 Å². The van der Waals surface area contributed by atoms with Gasteiger partial charge in [-0.15, -0.1) is 0 Å². The van der Waals surface area contributed by atoms with Crippen LogP contribution in [0, 0.1) is 5.41 Å². The highest BCUT2D eigenvalue weighted by Gasteiger charge is 2.38. The smallest absolute Gasteiger partial charge is 0.311 e. The predicted molar refractivity (Wildman–Crippen MR) is 214 cm³/mol. The highest BCUT2D eigenvalue weighted by molar-refractivity contribution is 6.16. The summed E-state index contributed by atoms with van der Waals surface area (Å²) in [4.78, 5) is 53.3. The minimum Gasteiger partial charge on any atom is -0.493 e. The minimum absolute atomic E-state index is 0.0145. The summed E-state index contributed by atoms with van der Waals surface area (Å²) in [6.07, 6.45) is 6.42. The van der Waals surface area contributed by atoms with Crippen LogP contribution in [-0.2, 0) is 17.6 Å². The standard InChI is InChI=1S/C44H44N4O8/c1-44(2,3)14-13-41(49)56-30-12-11-27-18-29-25-46-34-23-40(38(53-5)21-32(34)43(51)48(29)36(27)19-30)55-16-8-15-54-39-22-33-31(20-37(39)52-4)42(50)47-28(24-45-33)17-26-9-6-7-10-35(26)47/h6-7,9-12,19-25,28-29H,8,13-18H2,1-5H3. The maximum absolute atomic E-state index is 14.1. The molecule has 56 heavy (non-hydrogen) atoms. The molecule has 4 heterocycles. The number of carbonyl (C=O) groups excluding carboxylic acids is 3. The van der Waals surface area contributed by atoms with E-state index in [1.807, 2.05) is 36.5 Å². The van der Waals surface area contributed by atoms with Crippen molar-refractivity contribution >= 4 is 53.0 Å². The first-order chi connectivity index (χ1) is 27.0. The van der Waals surface area contributed by atoms with Crippen molar-refractivity contribution in [2.24, 2.45) is 15.4 Å². The number of anilines is 2. The number of methoxy groups -OCH3 is 2. The summed E-state index contributed by atoms with van der Waals surface area (Å²) in [7, 11) is 3.07. The molecule has 0 aliphatic carbocycles. The molecule has 2 amide bonds. The van der Waals surface area contributed by atoms with Crippen molar-refractivity contribution in [2.45, 2.75) is 65.0 Å². The molecule has 4 aliphatic heterocycles. The lowest BCUT2D eigenvalue weighted by molar-refractivity contribution is -0.134. The number of hydrogen-bond donors (Lipinski definition) is 0. The molecular weight excluding hydrogens is 713 g/mol. The molecule has 0 N–H and O–H groups in total. The number of nitrogens with zero attached hydrogens (tertiary/aromatic N) is 4. The van der Waals surface area contributed by atoms with Crippen molar-refractivity contribution in [3.8, 4) is 28.7 Å². The Morgan fingerprint density at radius 3 is 1.84 bits per heavy atom. The Labute approximate surface area is 325 Å². The lowest BCUT2D eigenvalue weighted by atomic mass is 9.91. The number of ether oxygens (including phenoxy) is 5. The van der Waals surface area contributed by atoms with E-state index in [4.69, 9.17) is 28.7 Å². The summed E-state index contributed by atoms with van der Waals surface area (Å²) in [6, 6.07) is 19.7. The van der Waals surface area contributed by atoms with E-state index < -0.39 is 0 Å². The van der Waals surface area contributed by atoms with E-state index in [0.29, 0.717) is 95.6 Å². The lowest BCUT2D eigenvalue weighted by Gasteiger charge is -2.22. The number of rotatable bonds is 11. The highest BCUT2D eigenvalue weighted by Crippen LogP contribution is 2.43. The number of hydrogen-bond acceptors (Lipinski definition) is 10. The van der Waals surface area contributed by atoms with Crippen LogP contribution in [0.3, 0.4) is 0 Å². The third-order valence-corrected chi connectivity index (χ3v) is 10.4. The first-order valence-electron chi connectivity index (χ1n) is 18.9. The Bertz CT molecular complexity index is 2290. The Kier molecular flexibility index (Phi) is 9.73. The number of esters is 1. The predicted octanol–water partition coefficient (Wildman–Crippen LogP) is 7.86. The van der Waals surface area contributed by atoms with Gasteiger partial charge in [-0.2, -0.15) is 0 Å². The molecule has 2 unspecified atom stereocenters. The van der Waals surface area contributed by atoms with Crippen molar-refractivity contribution in [3.05, 3.63) is 89.0 Å². The second-order valence-corrected chi connectivity index (χ2v) is 15.5. The van der Waals surface area contributed by atoms with Crippen molar-refractivity contribution in [1.82, 2.24) is 0 Å². The zero-order valence-corrected chi connectivity index (χ0v) is 32.2. The average molecular weight is 757 g/mol. The molecule has 0 saturated heterocycles. The molecular formula is C44H44N4O8. The molecule has 4 aliphatic rings. The van der Waals surface area contributed by atoms with Crippen LogP contribution in [0.2, 0.25) is 0 Å². The van der Waals surface area contributed by atoms with Gasteiger partial charge in [-0.05, 0) is 47.2 Å². The summed E-state index contributed by atoms with van der Waals surface area (Å²) in [5, 5.41) is 0. The van der Waals surface area contributed by atoms with Gasteiger partial charge in [-0.1, -0.05) is 45.0 Å². The van der Waals surface area contributed by atoms with Crippen molar-refractivity contribution in [2.75, 3.05) is 37.2 Å². The van der Waals surface area contributed by atoms with Crippen LogP contribution in [0.25, 0.3) is 0 Å². The number of carbonyl (C=O) groups is 3. The fourth-order valence-electron chi connectivity index (χ4n) is 7.55. The summed E-state index contributed by atoms with van der Waals surface area (Å²) in [6.45, 7) is 6.83. The minimum atomic E-state index is -0.305.